The van der Waals surface area contributed by atoms with Crippen LogP contribution in [0.2, 0.25) is 0 Å². The number of nitrogens with zero attached hydrogens (tertiary/aromatic N) is 1. The van der Waals surface area contributed by atoms with E-state index in [1.165, 1.54) is 13.5 Å². The normalized spacial score (nSPS) is 10.0. The molecule has 0 radical (unpaired) electrons. The smallest absolute Gasteiger partial charge is 0.360 e. The molecule has 1 aromatic heterocycles. The standard InChI is InChI=1S/C8H12N2O3/c1-12-8(11)7-6(3-2-4-9)13-5-10-7/h5H,2-4,9H2,1H3. The van der Waals surface area contributed by atoms with Gasteiger partial charge in [0.05, 0.1) is 7.11 Å². The molecular formula is C8H12N2O3. The van der Waals surface area contributed by atoms with E-state index < -0.39 is 5.97 Å². The molecule has 0 aromatic carbocycles. The molecule has 5 heteroatoms. The van der Waals surface area contributed by atoms with E-state index in [2.05, 4.69) is 9.72 Å². The van der Waals surface area contributed by atoms with Crippen LogP contribution in [-0.2, 0) is 11.2 Å². The number of hydrogen-bond donors (Lipinski definition) is 1. The van der Waals surface area contributed by atoms with Crippen molar-refractivity contribution in [3.63, 3.8) is 0 Å². The fourth-order valence-electron chi connectivity index (χ4n) is 0.974. The van der Waals surface area contributed by atoms with Gasteiger partial charge in [0, 0.05) is 6.42 Å². The summed E-state index contributed by atoms with van der Waals surface area (Å²) in [4.78, 5) is 14.8. The molecule has 5 nitrogen and oxygen atoms in total. The minimum atomic E-state index is -0.472. The van der Waals surface area contributed by atoms with E-state index in [0.29, 0.717) is 18.7 Å². The number of methoxy groups -OCH3 is 1. The second kappa shape index (κ2) is 4.61. The lowest BCUT2D eigenvalue weighted by Crippen LogP contribution is -2.07. The van der Waals surface area contributed by atoms with E-state index in [0.717, 1.165) is 6.42 Å². The Kier molecular flexibility index (Phi) is 3.45. The highest BCUT2D eigenvalue weighted by Gasteiger charge is 2.15. The summed E-state index contributed by atoms with van der Waals surface area (Å²) in [6, 6.07) is 0. The molecule has 2 N–H and O–H groups in total. The number of carbonyl (C=O) groups is 1. The second-order valence-electron chi connectivity index (χ2n) is 2.51. The van der Waals surface area contributed by atoms with Crippen molar-refractivity contribution in [2.45, 2.75) is 12.8 Å². The average molecular weight is 184 g/mol. The molecule has 0 saturated carbocycles. The molecule has 1 rings (SSSR count). The van der Waals surface area contributed by atoms with Crippen molar-refractivity contribution in [2.24, 2.45) is 5.73 Å². The molecule has 0 aliphatic carbocycles. The minimum Gasteiger partial charge on any atom is -0.464 e. The van der Waals surface area contributed by atoms with E-state index in [1.54, 1.807) is 0 Å². The fraction of sp³-hybridized carbons (Fsp3) is 0.500. The number of aryl methyl sites for hydroxylation is 1. The van der Waals surface area contributed by atoms with Crippen LogP contribution >= 0.6 is 0 Å². The lowest BCUT2D eigenvalue weighted by Gasteiger charge is -1.97. The highest BCUT2D eigenvalue weighted by molar-refractivity contribution is 5.88. The highest BCUT2D eigenvalue weighted by Crippen LogP contribution is 2.09. The number of aromatic nitrogens is 1. The predicted octanol–water partition coefficient (Wildman–Crippen LogP) is 0.353. The molecule has 0 saturated heterocycles. The summed E-state index contributed by atoms with van der Waals surface area (Å²) >= 11 is 0. The Morgan fingerprint density at radius 1 is 1.77 bits per heavy atom. The van der Waals surface area contributed by atoms with E-state index >= 15 is 0 Å². The fourth-order valence-corrected chi connectivity index (χ4v) is 0.974. The van der Waals surface area contributed by atoms with Crippen LogP contribution in [0, 0.1) is 0 Å². The van der Waals surface area contributed by atoms with Gasteiger partial charge in [-0.1, -0.05) is 0 Å². The van der Waals surface area contributed by atoms with Crippen molar-refractivity contribution in [3.8, 4) is 0 Å². The first-order valence-corrected chi connectivity index (χ1v) is 4.00. The van der Waals surface area contributed by atoms with Crippen LogP contribution in [0.25, 0.3) is 0 Å². The third kappa shape index (κ3) is 2.29. The zero-order valence-electron chi connectivity index (χ0n) is 7.45. The highest BCUT2D eigenvalue weighted by atomic mass is 16.5. The molecule has 0 aliphatic heterocycles. The molecule has 0 amide bonds. The summed E-state index contributed by atoms with van der Waals surface area (Å²) in [5.74, 6) is 0.0677. The van der Waals surface area contributed by atoms with Gasteiger partial charge in [-0.25, -0.2) is 9.78 Å². The number of esters is 1. The molecule has 0 atom stereocenters. The van der Waals surface area contributed by atoms with Gasteiger partial charge in [0.25, 0.3) is 0 Å². The maximum absolute atomic E-state index is 11.1. The first-order valence-electron chi connectivity index (χ1n) is 4.00. The number of carbonyl (C=O) groups excluding carboxylic acids is 1. The maximum atomic E-state index is 11.1. The Morgan fingerprint density at radius 3 is 3.15 bits per heavy atom. The largest absolute Gasteiger partial charge is 0.464 e. The van der Waals surface area contributed by atoms with Gasteiger partial charge in [0.15, 0.2) is 12.1 Å². The third-order valence-electron chi connectivity index (χ3n) is 1.63. The quantitative estimate of drug-likeness (QED) is 0.683. The number of oxazole rings is 1. The molecule has 0 fully saturated rings. The lowest BCUT2D eigenvalue weighted by atomic mass is 10.2. The molecule has 0 bridgehead atoms. The average Bonchev–Trinajstić information content (AvgIpc) is 2.61. The zero-order valence-corrected chi connectivity index (χ0v) is 7.45. The first-order chi connectivity index (χ1) is 6.29. The number of hydrogen-bond acceptors (Lipinski definition) is 5. The van der Waals surface area contributed by atoms with Crippen LogP contribution in [0.3, 0.4) is 0 Å². The van der Waals surface area contributed by atoms with Gasteiger partial charge in [-0.05, 0) is 13.0 Å². The van der Waals surface area contributed by atoms with Crippen molar-refractivity contribution in [2.75, 3.05) is 13.7 Å². The van der Waals surface area contributed by atoms with Crippen LogP contribution in [0.1, 0.15) is 22.7 Å². The van der Waals surface area contributed by atoms with Crippen LogP contribution in [0.5, 0.6) is 0 Å². The summed E-state index contributed by atoms with van der Waals surface area (Å²) in [5, 5.41) is 0. The first kappa shape index (κ1) is 9.73. The van der Waals surface area contributed by atoms with Crippen LogP contribution in [-0.4, -0.2) is 24.6 Å². The van der Waals surface area contributed by atoms with Crippen LogP contribution in [0.4, 0.5) is 0 Å². The van der Waals surface area contributed by atoms with Crippen molar-refractivity contribution in [1.29, 1.82) is 0 Å². The Labute approximate surface area is 75.9 Å². The van der Waals surface area contributed by atoms with Crippen molar-refractivity contribution >= 4 is 5.97 Å². The van der Waals surface area contributed by atoms with Gasteiger partial charge in [-0.15, -0.1) is 0 Å². The van der Waals surface area contributed by atoms with Crippen molar-refractivity contribution in [3.05, 3.63) is 17.8 Å². The predicted molar refractivity (Wildman–Crippen MR) is 45.2 cm³/mol. The number of nitrogens with two attached hydrogens (primary N) is 1. The van der Waals surface area contributed by atoms with Crippen molar-refractivity contribution < 1.29 is 13.9 Å². The number of rotatable bonds is 4. The third-order valence-corrected chi connectivity index (χ3v) is 1.63. The van der Waals surface area contributed by atoms with E-state index in [9.17, 15) is 4.79 Å². The molecular weight excluding hydrogens is 172 g/mol. The van der Waals surface area contributed by atoms with Crippen LogP contribution < -0.4 is 5.73 Å². The zero-order chi connectivity index (χ0) is 9.68. The Morgan fingerprint density at radius 2 is 2.54 bits per heavy atom. The van der Waals surface area contributed by atoms with Gasteiger partial charge in [0.2, 0.25) is 0 Å². The van der Waals surface area contributed by atoms with Gasteiger partial charge >= 0.3 is 5.97 Å². The molecule has 1 aromatic rings. The van der Waals surface area contributed by atoms with E-state index in [-0.39, 0.29) is 5.69 Å². The monoisotopic (exact) mass is 184 g/mol. The van der Waals surface area contributed by atoms with Crippen LogP contribution in [0.15, 0.2) is 10.8 Å². The molecule has 72 valence electrons. The van der Waals surface area contributed by atoms with Gasteiger partial charge in [-0.3, -0.25) is 0 Å². The summed E-state index contributed by atoms with van der Waals surface area (Å²) in [6.07, 6.45) is 2.61. The molecule has 0 unspecified atom stereocenters. The minimum absolute atomic E-state index is 0.246. The SMILES string of the molecule is COC(=O)c1ncoc1CCCN. The second-order valence-corrected chi connectivity index (χ2v) is 2.51. The Balaban J connectivity index is 2.71. The number of ether oxygens (including phenoxy) is 1. The topological polar surface area (TPSA) is 78.3 Å². The summed E-state index contributed by atoms with van der Waals surface area (Å²) in [6.45, 7) is 0.557. The summed E-state index contributed by atoms with van der Waals surface area (Å²) in [7, 11) is 1.31. The van der Waals surface area contributed by atoms with Gasteiger partial charge in [0.1, 0.15) is 5.76 Å². The van der Waals surface area contributed by atoms with Gasteiger partial charge in [-0.2, -0.15) is 0 Å². The van der Waals surface area contributed by atoms with Crippen molar-refractivity contribution in [1.82, 2.24) is 4.98 Å². The Hall–Kier alpha value is -1.36. The summed E-state index contributed by atoms with van der Waals surface area (Å²) < 4.78 is 9.54. The molecule has 0 aliphatic rings. The van der Waals surface area contributed by atoms with E-state index in [4.69, 9.17) is 10.2 Å². The Bertz CT molecular complexity index is 283. The summed E-state index contributed by atoms with van der Waals surface area (Å²) in [5.41, 5.74) is 5.57. The molecule has 1 heterocycles. The molecule has 0 spiro atoms. The van der Waals surface area contributed by atoms with E-state index in [1.807, 2.05) is 0 Å². The lowest BCUT2D eigenvalue weighted by molar-refractivity contribution is 0.0592. The molecule has 13 heavy (non-hydrogen) atoms. The van der Waals surface area contributed by atoms with Gasteiger partial charge < -0.3 is 14.9 Å². The maximum Gasteiger partial charge on any atom is 0.360 e.